The predicted octanol–water partition coefficient (Wildman–Crippen LogP) is 1.25. The summed E-state index contributed by atoms with van der Waals surface area (Å²) in [5, 5.41) is 4.27. The second-order valence-corrected chi connectivity index (χ2v) is 10.4. The van der Waals surface area contributed by atoms with E-state index in [2.05, 4.69) is 14.5 Å². The molecule has 0 amide bonds. The Morgan fingerprint density at radius 1 is 0.875 bits per heavy atom. The van der Waals surface area contributed by atoms with Crippen LogP contribution in [0.25, 0.3) is 5.65 Å². The highest BCUT2D eigenvalue weighted by atomic mass is 32.2. The second-order valence-electron chi connectivity index (χ2n) is 6.86. The zero-order valence-corrected chi connectivity index (χ0v) is 18.5. The fourth-order valence-electron chi connectivity index (χ4n) is 3.12. The molecule has 0 bridgehead atoms. The molecular formula is C20H19N5O5S2. The van der Waals surface area contributed by atoms with E-state index in [1.165, 1.54) is 34.3 Å². The van der Waals surface area contributed by atoms with E-state index in [9.17, 15) is 21.6 Å². The monoisotopic (exact) mass is 473 g/mol. The maximum absolute atomic E-state index is 12.8. The highest BCUT2D eigenvalue weighted by Crippen LogP contribution is 2.20. The van der Waals surface area contributed by atoms with E-state index in [0.29, 0.717) is 11.2 Å². The average molecular weight is 474 g/mol. The Kier molecular flexibility index (Phi) is 5.59. The average Bonchev–Trinajstić information content (AvgIpc) is 3.09. The highest BCUT2D eigenvalue weighted by molar-refractivity contribution is 7.93. The SMILES string of the molecule is CNS(=O)(=O)c1cccc(S(=O)(=O)Nc2cccc(Cn3nc4ccccn4c3=O)c2)c1. The van der Waals surface area contributed by atoms with Crippen LogP contribution in [0.5, 0.6) is 0 Å². The molecule has 0 spiro atoms. The van der Waals surface area contributed by atoms with E-state index in [4.69, 9.17) is 0 Å². The van der Waals surface area contributed by atoms with Crippen LogP contribution in [0.3, 0.4) is 0 Å². The number of anilines is 1. The van der Waals surface area contributed by atoms with E-state index >= 15 is 0 Å². The van der Waals surface area contributed by atoms with E-state index in [0.717, 1.165) is 6.07 Å². The quantitative estimate of drug-likeness (QED) is 0.415. The van der Waals surface area contributed by atoms with Gasteiger partial charge in [-0.15, -0.1) is 5.10 Å². The Hall–Kier alpha value is -3.48. The lowest BCUT2D eigenvalue weighted by atomic mass is 10.2. The molecule has 166 valence electrons. The third-order valence-electron chi connectivity index (χ3n) is 4.69. The minimum Gasteiger partial charge on any atom is -0.280 e. The molecule has 0 saturated carbocycles. The normalized spacial score (nSPS) is 12.2. The van der Waals surface area contributed by atoms with Gasteiger partial charge in [-0.2, -0.15) is 0 Å². The van der Waals surface area contributed by atoms with Gasteiger partial charge in [0.2, 0.25) is 10.0 Å². The number of sulfonamides is 2. The van der Waals surface area contributed by atoms with Gasteiger partial charge in [0.05, 0.1) is 16.3 Å². The molecule has 2 N–H and O–H groups in total. The van der Waals surface area contributed by atoms with Crippen molar-refractivity contribution >= 4 is 31.4 Å². The van der Waals surface area contributed by atoms with Crippen molar-refractivity contribution in [1.82, 2.24) is 18.9 Å². The molecule has 0 unspecified atom stereocenters. The van der Waals surface area contributed by atoms with Crippen molar-refractivity contribution in [3.8, 4) is 0 Å². The minimum absolute atomic E-state index is 0.145. The van der Waals surface area contributed by atoms with Gasteiger partial charge >= 0.3 is 5.69 Å². The van der Waals surface area contributed by atoms with Crippen LogP contribution < -0.4 is 15.1 Å². The number of aromatic nitrogens is 3. The Labute approximate surface area is 184 Å². The third kappa shape index (κ3) is 4.28. The fraction of sp³-hybridized carbons (Fsp3) is 0.100. The summed E-state index contributed by atoms with van der Waals surface area (Å²) in [6.07, 6.45) is 1.62. The molecule has 4 aromatic rings. The van der Waals surface area contributed by atoms with Crippen LogP contribution in [0.2, 0.25) is 0 Å². The summed E-state index contributed by atoms with van der Waals surface area (Å²) in [6.45, 7) is 0.145. The lowest BCUT2D eigenvalue weighted by molar-refractivity contribution is 0.588. The molecule has 0 atom stereocenters. The van der Waals surface area contributed by atoms with Gasteiger partial charge in [0.1, 0.15) is 0 Å². The number of fused-ring (bicyclic) bond motifs is 1. The summed E-state index contributed by atoms with van der Waals surface area (Å²) in [5.74, 6) is 0. The molecule has 2 heterocycles. The largest absolute Gasteiger partial charge is 0.350 e. The van der Waals surface area contributed by atoms with Gasteiger partial charge in [-0.1, -0.05) is 24.3 Å². The van der Waals surface area contributed by atoms with Crippen molar-refractivity contribution in [3.05, 3.63) is 89.0 Å². The number of nitrogens with one attached hydrogen (secondary N) is 2. The van der Waals surface area contributed by atoms with Gasteiger partial charge in [-0.05, 0) is 55.1 Å². The summed E-state index contributed by atoms with van der Waals surface area (Å²) in [7, 11) is -6.60. The maximum atomic E-state index is 12.8. The van der Waals surface area contributed by atoms with Crippen molar-refractivity contribution in [3.63, 3.8) is 0 Å². The molecule has 0 aliphatic rings. The first-order valence-electron chi connectivity index (χ1n) is 9.39. The molecule has 12 heteroatoms. The zero-order valence-electron chi connectivity index (χ0n) is 16.8. The van der Waals surface area contributed by atoms with Gasteiger partial charge < -0.3 is 0 Å². The fourth-order valence-corrected chi connectivity index (χ4v) is 5.06. The van der Waals surface area contributed by atoms with Crippen molar-refractivity contribution in [2.24, 2.45) is 0 Å². The molecule has 32 heavy (non-hydrogen) atoms. The molecular weight excluding hydrogens is 454 g/mol. The van der Waals surface area contributed by atoms with Gasteiger partial charge in [0, 0.05) is 11.9 Å². The number of nitrogens with zero attached hydrogens (tertiary/aromatic N) is 3. The molecule has 4 rings (SSSR count). The van der Waals surface area contributed by atoms with E-state index in [-0.39, 0.29) is 27.7 Å². The van der Waals surface area contributed by atoms with E-state index in [1.807, 2.05) is 0 Å². The summed E-state index contributed by atoms with van der Waals surface area (Å²) >= 11 is 0. The van der Waals surface area contributed by atoms with Crippen LogP contribution in [0.4, 0.5) is 5.69 Å². The van der Waals surface area contributed by atoms with Gasteiger partial charge in [-0.3, -0.25) is 9.12 Å². The second kappa shape index (κ2) is 8.22. The molecule has 0 saturated heterocycles. The topological polar surface area (TPSA) is 132 Å². The molecule has 0 radical (unpaired) electrons. The van der Waals surface area contributed by atoms with Crippen molar-refractivity contribution in [1.29, 1.82) is 0 Å². The zero-order chi connectivity index (χ0) is 22.9. The predicted molar refractivity (Wildman–Crippen MR) is 118 cm³/mol. The first-order chi connectivity index (χ1) is 15.2. The summed E-state index contributed by atoms with van der Waals surface area (Å²) in [4.78, 5) is 12.1. The van der Waals surface area contributed by atoms with Crippen molar-refractivity contribution in [2.45, 2.75) is 16.3 Å². The van der Waals surface area contributed by atoms with Crippen LogP contribution in [0.1, 0.15) is 5.56 Å². The van der Waals surface area contributed by atoms with Crippen LogP contribution in [-0.4, -0.2) is 38.1 Å². The summed E-state index contributed by atoms with van der Waals surface area (Å²) in [5.41, 5.74) is 1.11. The van der Waals surface area contributed by atoms with Crippen molar-refractivity contribution < 1.29 is 16.8 Å². The van der Waals surface area contributed by atoms with Crippen molar-refractivity contribution in [2.75, 3.05) is 11.8 Å². The molecule has 0 aliphatic carbocycles. The van der Waals surface area contributed by atoms with Gasteiger partial charge in [-0.25, -0.2) is 31.0 Å². The van der Waals surface area contributed by atoms with Crippen LogP contribution >= 0.6 is 0 Å². The van der Waals surface area contributed by atoms with E-state index < -0.39 is 20.0 Å². The smallest absolute Gasteiger partial charge is 0.280 e. The number of hydrogen-bond acceptors (Lipinski definition) is 6. The highest BCUT2D eigenvalue weighted by Gasteiger charge is 2.19. The number of pyridine rings is 1. The first kappa shape index (κ1) is 21.7. The maximum Gasteiger partial charge on any atom is 0.350 e. The molecule has 0 aliphatic heterocycles. The third-order valence-corrected chi connectivity index (χ3v) is 7.49. The Balaban J connectivity index is 1.60. The molecule has 2 aromatic heterocycles. The number of rotatable bonds is 7. The Morgan fingerprint density at radius 2 is 1.59 bits per heavy atom. The van der Waals surface area contributed by atoms with Crippen LogP contribution in [0.15, 0.2) is 87.5 Å². The lowest BCUT2D eigenvalue weighted by Gasteiger charge is -2.11. The van der Waals surface area contributed by atoms with Crippen LogP contribution in [0, 0.1) is 0 Å². The standard InChI is InChI=1S/C20H19N5O5S2/c1-21-31(27,28)17-8-5-9-18(13-17)32(29,30)23-16-7-4-6-15(12-16)14-25-20(26)24-11-3-2-10-19(24)22-25/h2-13,21,23H,14H2,1H3. The first-order valence-corrected chi connectivity index (χ1v) is 12.4. The van der Waals surface area contributed by atoms with E-state index in [1.54, 1.807) is 48.7 Å². The summed E-state index contributed by atoms with van der Waals surface area (Å²) in [6, 6.07) is 16.8. The van der Waals surface area contributed by atoms with Crippen LogP contribution in [-0.2, 0) is 26.6 Å². The van der Waals surface area contributed by atoms with Gasteiger partial charge in [0.25, 0.3) is 10.0 Å². The Bertz CT molecular complexity index is 1570. The molecule has 2 aromatic carbocycles. The number of benzene rings is 2. The molecule has 0 fully saturated rings. The number of hydrogen-bond donors (Lipinski definition) is 2. The molecule has 10 nitrogen and oxygen atoms in total. The minimum atomic E-state index is -4.05. The Morgan fingerprint density at radius 3 is 2.31 bits per heavy atom. The summed E-state index contributed by atoms with van der Waals surface area (Å²) < 4.78 is 56.9. The lowest BCUT2D eigenvalue weighted by Crippen LogP contribution is -2.21. The van der Waals surface area contributed by atoms with Gasteiger partial charge in [0.15, 0.2) is 5.65 Å².